The van der Waals surface area contributed by atoms with Crippen LogP contribution in [-0.2, 0) is 4.79 Å². The Morgan fingerprint density at radius 2 is 2.08 bits per heavy atom. The van der Waals surface area contributed by atoms with E-state index >= 15 is 0 Å². The van der Waals surface area contributed by atoms with Crippen molar-refractivity contribution in [2.75, 3.05) is 13.1 Å². The number of carbonyl (C=O) groups is 1. The number of rotatable bonds is 5. The topological polar surface area (TPSA) is 75.3 Å². The molecule has 0 saturated heterocycles. The van der Waals surface area contributed by atoms with Crippen LogP contribution in [0.15, 0.2) is 0 Å². The predicted octanol–water partition coefficient (Wildman–Crippen LogP) is 0.424. The van der Waals surface area contributed by atoms with Crippen molar-refractivity contribution in [3.05, 3.63) is 0 Å². The molecule has 4 N–H and O–H groups in total. The van der Waals surface area contributed by atoms with Crippen molar-refractivity contribution >= 4 is 5.97 Å². The van der Waals surface area contributed by atoms with Crippen LogP contribution in [0.2, 0.25) is 0 Å². The lowest BCUT2D eigenvalue weighted by atomic mass is 9.92. The molecule has 0 aliphatic heterocycles. The fourth-order valence-corrected chi connectivity index (χ4v) is 0.808. The van der Waals surface area contributed by atoms with Gasteiger partial charge >= 0.3 is 5.97 Å². The van der Waals surface area contributed by atoms with E-state index in [0.717, 1.165) is 13.0 Å². The van der Waals surface area contributed by atoms with E-state index in [4.69, 9.17) is 10.8 Å². The number of aliphatic carboxylic acids is 1. The van der Waals surface area contributed by atoms with Crippen LogP contribution in [0.1, 0.15) is 27.2 Å². The molecule has 0 rings (SSSR count). The number of hydrogen-bond donors (Lipinski definition) is 3. The summed E-state index contributed by atoms with van der Waals surface area (Å²) in [5.74, 6) is -0.955. The minimum atomic E-state index is -0.955. The molecule has 0 heterocycles. The molecule has 0 radical (unpaired) electrons. The second-order valence-corrected chi connectivity index (χ2v) is 4.46. The fourth-order valence-electron chi connectivity index (χ4n) is 0.808. The van der Waals surface area contributed by atoms with Crippen molar-refractivity contribution < 1.29 is 9.90 Å². The molecule has 0 bridgehead atoms. The quantitative estimate of drug-likeness (QED) is 0.547. The minimum Gasteiger partial charge on any atom is -0.480 e. The lowest BCUT2D eigenvalue weighted by molar-refractivity contribution is -0.138. The van der Waals surface area contributed by atoms with Gasteiger partial charge in [0, 0.05) is 6.54 Å². The van der Waals surface area contributed by atoms with Gasteiger partial charge in [0.2, 0.25) is 0 Å². The monoisotopic (exact) mass is 188 g/mol. The number of carboxylic acid groups (broad SMARTS) is 1. The van der Waals surface area contributed by atoms with Crippen LogP contribution >= 0.6 is 0 Å². The molecule has 1 atom stereocenters. The van der Waals surface area contributed by atoms with E-state index in [-0.39, 0.29) is 5.41 Å². The zero-order valence-electron chi connectivity index (χ0n) is 8.63. The summed E-state index contributed by atoms with van der Waals surface area (Å²) in [5.41, 5.74) is 5.58. The molecule has 4 heteroatoms. The standard InChI is InChI=1S/C9H20N2O2/c1-9(2,3)4-5-11-6-7(10)8(12)13/h7,11H,4-6,10H2,1-3H3,(H,12,13). The van der Waals surface area contributed by atoms with E-state index < -0.39 is 12.0 Å². The SMILES string of the molecule is CC(C)(C)CCNCC(N)C(=O)O. The van der Waals surface area contributed by atoms with Crippen LogP contribution in [0.25, 0.3) is 0 Å². The molecule has 0 aromatic carbocycles. The van der Waals surface area contributed by atoms with Gasteiger partial charge in [-0.3, -0.25) is 4.79 Å². The number of nitrogens with one attached hydrogen (secondary N) is 1. The van der Waals surface area contributed by atoms with E-state index in [9.17, 15) is 4.79 Å². The van der Waals surface area contributed by atoms with Gasteiger partial charge in [-0.25, -0.2) is 0 Å². The van der Waals surface area contributed by atoms with Gasteiger partial charge in [-0.05, 0) is 18.4 Å². The average Bonchev–Trinajstić information content (AvgIpc) is 1.95. The average molecular weight is 188 g/mol. The molecule has 0 aliphatic carbocycles. The highest BCUT2D eigenvalue weighted by Crippen LogP contribution is 2.16. The fraction of sp³-hybridized carbons (Fsp3) is 0.889. The maximum Gasteiger partial charge on any atom is 0.321 e. The summed E-state index contributed by atoms with van der Waals surface area (Å²) in [6, 6.07) is -0.792. The smallest absolute Gasteiger partial charge is 0.321 e. The van der Waals surface area contributed by atoms with E-state index in [1.165, 1.54) is 0 Å². The third kappa shape index (κ3) is 7.74. The summed E-state index contributed by atoms with van der Waals surface area (Å²) in [5, 5.41) is 11.5. The molecule has 1 unspecified atom stereocenters. The van der Waals surface area contributed by atoms with Gasteiger partial charge in [-0.2, -0.15) is 0 Å². The maximum absolute atomic E-state index is 10.3. The Labute approximate surface area is 79.5 Å². The van der Waals surface area contributed by atoms with E-state index in [1.54, 1.807) is 0 Å². The third-order valence-corrected chi connectivity index (χ3v) is 1.73. The van der Waals surface area contributed by atoms with Crippen LogP contribution in [-0.4, -0.2) is 30.2 Å². The Balaban J connectivity index is 3.41. The highest BCUT2D eigenvalue weighted by molar-refractivity contribution is 5.73. The van der Waals surface area contributed by atoms with Gasteiger partial charge < -0.3 is 16.2 Å². The van der Waals surface area contributed by atoms with E-state index in [0.29, 0.717) is 6.54 Å². The molecule has 0 spiro atoms. The molecule has 0 aliphatic rings. The molecule has 0 aromatic rings. The largest absolute Gasteiger partial charge is 0.480 e. The number of hydrogen-bond acceptors (Lipinski definition) is 3. The van der Waals surface area contributed by atoms with Gasteiger partial charge in [0.1, 0.15) is 6.04 Å². The highest BCUT2D eigenvalue weighted by Gasteiger charge is 2.12. The van der Waals surface area contributed by atoms with Crippen LogP contribution in [0.5, 0.6) is 0 Å². The maximum atomic E-state index is 10.3. The predicted molar refractivity (Wildman–Crippen MR) is 52.6 cm³/mol. The Morgan fingerprint density at radius 3 is 2.46 bits per heavy atom. The molecule has 0 amide bonds. The second kappa shape index (κ2) is 5.19. The first-order valence-corrected chi connectivity index (χ1v) is 4.52. The first kappa shape index (κ1) is 12.4. The highest BCUT2D eigenvalue weighted by atomic mass is 16.4. The van der Waals surface area contributed by atoms with Gasteiger partial charge in [-0.15, -0.1) is 0 Å². The molecule has 4 nitrogen and oxygen atoms in total. The zero-order chi connectivity index (χ0) is 10.5. The Kier molecular flexibility index (Phi) is 4.95. The van der Waals surface area contributed by atoms with Gasteiger partial charge in [0.25, 0.3) is 0 Å². The lowest BCUT2D eigenvalue weighted by Gasteiger charge is -2.18. The molecule has 0 aromatic heterocycles. The third-order valence-electron chi connectivity index (χ3n) is 1.73. The van der Waals surface area contributed by atoms with Crippen LogP contribution in [0.4, 0.5) is 0 Å². The first-order chi connectivity index (χ1) is 5.83. The molecular weight excluding hydrogens is 168 g/mol. The summed E-state index contributed by atoms with van der Waals surface area (Å²) in [7, 11) is 0. The Hall–Kier alpha value is -0.610. The van der Waals surface area contributed by atoms with Gasteiger partial charge in [0.05, 0.1) is 0 Å². The summed E-state index contributed by atoms with van der Waals surface area (Å²) >= 11 is 0. The summed E-state index contributed by atoms with van der Waals surface area (Å²) in [4.78, 5) is 10.3. The minimum absolute atomic E-state index is 0.278. The van der Waals surface area contributed by atoms with Crippen LogP contribution in [0.3, 0.4) is 0 Å². The molecule has 0 saturated carbocycles. The summed E-state index contributed by atoms with van der Waals surface area (Å²) < 4.78 is 0. The van der Waals surface area contributed by atoms with Crippen molar-refractivity contribution in [1.82, 2.24) is 5.32 Å². The zero-order valence-corrected chi connectivity index (χ0v) is 8.63. The molecule has 13 heavy (non-hydrogen) atoms. The number of nitrogens with two attached hydrogens (primary N) is 1. The normalized spacial score (nSPS) is 14.2. The molecular formula is C9H20N2O2. The van der Waals surface area contributed by atoms with E-state index in [1.807, 2.05) is 0 Å². The Morgan fingerprint density at radius 1 is 1.54 bits per heavy atom. The summed E-state index contributed by atoms with van der Waals surface area (Å²) in [6.45, 7) is 7.58. The number of carboxylic acids is 1. The molecule has 78 valence electrons. The van der Waals surface area contributed by atoms with Crippen molar-refractivity contribution in [3.8, 4) is 0 Å². The second-order valence-electron chi connectivity index (χ2n) is 4.46. The van der Waals surface area contributed by atoms with Crippen LogP contribution in [0, 0.1) is 5.41 Å². The van der Waals surface area contributed by atoms with Crippen molar-refractivity contribution in [3.63, 3.8) is 0 Å². The van der Waals surface area contributed by atoms with Gasteiger partial charge in [0.15, 0.2) is 0 Å². The van der Waals surface area contributed by atoms with Crippen molar-refractivity contribution in [2.45, 2.75) is 33.2 Å². The van der Waals surface area contributed by atoms with Crippen molar-refractivity contribution in [2.24, 2.45) is 11.1 Å². The molecule has 0 fully saturated rings. The van der Waals surface area contributed by atoms with Crippen LogP contribution < -0.4 is 11.1 Å². The lowest BCUT2D eigenvalue weighted by Crippen LogP contribution is -2.41. The Bertz CT molecular complexity index is 163. The van der Waals surface area contributed by atoms with Crippen molar-refractivity contribution in [1.29, 1.82) is 0 Å². The first-order valence-electron chi connectivity index (χ1n) is 4.52. The van der Waals surface area contributed by atoms with E-state index in [2.05, 4.69) is 26.1 Å². The summed E-state index contributed by atoms with van der Waals surface area (Å²) in [6.07, 6.45) is 1.01. The van der Waals surface area contributed by atoms with Gasteiger partial charge in [-0.1, -0.05) is 20.8 Å².